The lowest BCUT2D eigenvalue weighted by atomic mass is 10.00. The number of hydrogen-bond acceptors (Lipinski definition) is 2. The minimum absolute atomic E-state index is 0.211. The molecule has 1 rings (SSSR count). The molecule has 0 atom stereocenters. The lowest BCUT2D eigenvalue weighted by Crippen LogP contribution is -2.45. The quantitative estimate of drug-likeness (QED) is 0.702. The molecule has 1 saturated carbocycles. The molecule has 0 bridgehead atoms. The first-order valence-electron chi connectivity index (χ1n) is 5.27. The van der Waals surface area contributed by atoms with E-state index in [-0.39, 0.29) is 18.4 Å². The molecule has 0 spiro atoms. The molecular weight excluding hydrogens is 205 g/mol. The lowest BCUT2D eigenvalue weighted by Gasteiger charge is -2.22. The molecular formula is C10H19F3N2. The van der Waals surface area contributed by atoms with Crippen LogP contribution in [0.3, 0.4) is 0 Å². The molecule has 0 aromatic heterocycles. The Hall–Kier alpha value is -0.290. The first kappa shape index (κ1) is 12.8. The van der Waals surface area contributed by atoms with Crippen molar-refractivity contribution in [2.75, 3.05) is 6.54 Å². The van der Waals surface area contributed by atoms with Gasteiger partial charge in [-0.05, 0) is 46.1 Å². The molecule has 0 saturated heterocycles. The molecule has 5 heteroatoms. The van der Waals surface area contributed by atoms with Crippen LogP contribution in [0.1, 0.15) is 39.5 Å². The topological polar surface area (TPSA) is 38.0 Å². The maximum Gasteiger partial charge on any atom is 0.406 e. The van der Waals surface area contributed by atoms with Crippen LogP contribution < -0.4 is 11.1 Å². The normalized spacial score (nSPS) is 20.4. The molecule has 0 amide bonds. The van der Waals surface area contributed by atoms with Gasteiger partial charge in [-0.1, -0.05) is 0 Å². The zero-order valence-electron chi connectivity index (χ0n) is 9.25. The van der Waals surface area contributed by atoms with Crippen molar-refractivity contribution in [2.24, 2.45) is 5.73 Å². The predicted molar refractivity (Wildman–Crippen MR) is 53.5 cm³/mol. The second-order valence-corrected chi connectivity index (χ2v) is 5.10. The monoisotopic (exact) mass is 224 g/mol. The maximum atomic E-state index is 12.5. The van der Waals surface area contributed by atoms with Crippen LogP contribution >= 0.6 is 0 Å². The van der Waals surface area contributed by atoms with E-state index in [1.165, 1.54) is 0 Å². The van der Waals surface area contributed by atoms with Crippen molar-refractivity contribution < 1.29 is 13.2 Å². The van der Waals surface area contributed by atoms with Crippen molar-refractivity contribution in [1.82, 2.24) is 5.32 Å². The Balaban J connectivity index is 2.22. The van der Waals surface area contributed by atoms with Gasteiger partial charge in [0.15, 0.2) is 0 Å². The van der Waals surface area contributed by atoms with Gasteiger partial charge in [0, 0.05) is 5.54 Å². The summed E-state index contributed by atoms with van der Waals surface area (Å²) in [5, 5.41) is 2.60. The molecule has 0 aromatic rings. The average Bonchev–Trinajstić information content (AvgIpc) is 2.75. The number of halogens is 3. The molecule has 2 nitrogen and oxygen atoms in total. The van der Waals surface area contributed by atoms with Crippen molar-refractivity contribution in [2.45, 2.75) is 56.8 Å². The van der Waals surface area contributed by atoms with E-state index in [1.807, 2.05) is 13.8 Å². The van der Waals surface area contributed by atoms with Crippen LogP contribution in [0.4, 0.5) is 13.2 Å². The summed E-state index contributed by atoms with van der Waals surface area (Å²) in [7, 11) is 0. The van der Waals surface area contributed by atoms with E-state index in [2.05, 4.69) is 5.32 Å². The highest BCUT2D eigenvalue weighted by molar-refractivity contribution is 5.07. The van der Waals surface area contributed by atoms with E-state index in [0.717, 1.165) is 6.42 Å². The fourth-order valence-corrected chi connectivity index (χ4v) is 1.56. The van der Waals surface area contributed by atoms with E-state index in [1.54, 1.807) is 0 Å². The van der Waals surface area contributed by atoms with Gasteiger partial charge in [0.05, 0.1) is 0 Å². The summed E-state index contributed by atoms with van der Waals surface area (Å²) >= 11 is 0. The van der Waals surface area contributed by atoms with Crippen molar-refractivity contribution in [1.29, 1.82) is 0 Å². The first-order chi connectivity index (χ1) is 6.66. The molecule has 1 aliphatic rings. The van der Waals surface area contributed by atoms with Gasteiger partial charge < -0.3 is 11.1 Å². The Morgan fingerprint density at radius 3 is 2.13 bits per heavy atom. The van der Waals surface area contributed by atoms with Gasteiger partial charge in [0.25, 0.3) is 0 Å². The molecule has 1 fully saturated rings. The molecule has 0 radical (unpaired) electrons. The van der Waals surface area contributed by atoms with E-state index in [4.69, 9.17) is 5.73 Å². The number of hydrogen-bond donors (Lipinski definition) is 2. The highest BCUT2D eigenvalue weighted by atomic mass is 19.4. The largest absolute Gasteiger partial charge is 0.406 e. The molecule has 1 aliphatic carbocycles. The summed E-state index contributed by atoms with van der Waals surface area (Å²) in [5.74, 6) is 0. The van der Waals surface area contributed by atoms with Gasteiger partial charge in [-0.3, -0.25) is 0 Å². The summed E-state index contributed by atoms with van der Waals surface area (Å²) in [5.41, 5.74) is 3.86. The molecule has 3 N–H and O–H groups in total. The van der Waals surface area contributed by atoms with Crippen molar-refractivity contribution in [3.8, 4) is 0 Å². The molecule has 0 aromatic carbocycles. The summed E-state index contributed by atoms with van der Waals surface area (Å²) < 4.78 is 37.4. The van der Waals surface area contributed by atoms with Crippen LogP contribution in [0.2, 0.25) is 0 Å². The number of rotatable bonds is 5. The van der Waals surface area contributed by atoms with Gasteiger partial charge in [0.2, 0.25) is 0 Å². The molecule has 0 heterocycles. The Labute approximate surface area is 88.4 Å². The van der Waals surface area contributed by atoms with Crippen LogP contribution in [0.15, 0.2) is 0 Å². The van der Waals surface area contributed by atoms with Crippen LogP contribution in [-0.4, -0.2) is 23.8 Å². The van der Waals surface area contributed by atoms with Crippen LogP contribution in [0.5, 0.6) is 0 Å². The summed E-state index contributed by atoms with van der Waals surface area (Å²) in [6, 6.07) is 0. The van der Waals surface area contributed by atoms with Gasteiger partial charge in [-0.2, -0.15) is 13.2 Å². The summed E-state index contributed by atoms with van der Waals surface area (Å²) in [6.07, 6.45) is -2.27. The Bertz CT molecular complexity index is 214. The minimum Gasteiger partial charge on any atom is -0.326 e. The van der Waals surface area contributed by atoms with E-state index in [0.29, 0.717) is 13.0 Å². The Morgan fingerprint density at radius 1 is 1.27 bits per heavy atom. The van der Waals surface area contributed by atoms with Crippen molar-refractivity contribution in [3.05, 3.63) is 0 Å². The summed E-state index contributed by atoms with van der Waals surface area (Å²) in [6.45, 7) is 4.15. The van der Waals surface area contributed by atoms with Crippen molar-refractivity contribution >= 4 is 0 Å². The third-order valence-electron chi connectivity index (χ3n) is 2.75. The maximum absolute atomic E-state index is 12.5. The number of nitrogens with one attached hydrogen (secondary N) is 1. The van der Waals surface area contributed by atoms with Gasteiger partial charge in [0.1, 0.15) is 5.54 Å². The number of nitrogens with two attached hydrogens (primary N) is 1. The SMILES string of the molecule is CC(C)(N)CCCNC1(C(F)(F)F)CC1. The predicted octanol–water partition coefficient (Wildman–Crippen LogP) is 2.19. The molecule has 0 aliphatic heterocycles. The second kappa shape index (κ2) is 3.94. The second-order valence-electron chi connectivity index (χ2n) is 5.10. The minimum atomic E-state index is -4.11. The van der Waals surface area contributed by atoms with Gasteiger partial charge >= 0.3 is 6.18 Å². The fraction of sp³-hybridized carbons (Fsp3) is 1.00. The Morgan fingerprint density at radius 2 is 1.80 bits per heavy atom. The van der Waals surface area contributed by atoms with Gasteiger partial charge in [-0.25, -0.2) is 0 Å². The third kappa shape index (κ3) is 3.65. The first-order valence-corrected chi connectivity index (χ1v) is 5.27. The molecule has 90 valence electrons. The van der Waals surface area contributed by atoms with Crippen LogP contribution in [0, 0.1) is 0 Å². The zero-order valence-corrected chi connectivity index (χ0v) is 9.25. The molecule has 15 heavy (non-hydrogen) atoms. The zero-order chi connectivity index (χ0) is 11.7. The smallest absolute Gasteiger partial charge is 0.326 e. The lowest BCUT2D eigenvalue weighted by molar-refractivity contribution is -0.165. The highest BCUT2D eigenvalue weighted by Gasteiger charge is 2.62. The third-order valence-corrected chi connectivity index (χ3v) is 2.75. The van der Waals surface area contributed by atoms with E-state index in [9.17, 15) is 13.2 Å². The number of alkyl halides is 3. The standard InChI is InChI=1S/C10H19F3N2/c1-8(2,14)4-3-7-15-9(5-6-9)10(11,12)13/h15H,3-7,14H2,1-2H3. The van der Waals surface area contributed by atoms with E-state index >= 15 is 0 Å². The van der Waals surface area contributed by atoms with E-state index < -0.39 is 11.7 Å². The average molecular weight is 224 g/mol. The Kier molecular flexibility index (Phi) is 3.36. The van der Waals surface area contributed by atoms with Crippen LogP contribution in [0.25, 0.3) is 0 Å². The summed E-state index contributed by atoms with van der Waals surface area (Å²) in [4.78, 5) is 0. The highest BCUT2D eigenvalue weighted by Crippen LogP contribution is 2.48. The van der Waals surface area contributed by atoms with Crippen molar-refractivity contribution in [3.63, 3.8) is 0 Å². The van der Waals surface area contributed by atoms with Crippen LogP contribution in [-0.2, 0) is 0 Å². The fourth-order valence-electron chi connectivity index (χ4n) is 1.56. The van der Waals surface area contributed by atoms with Gasteiger partial charge in [-0.15, -0.1) is 0 Å². The molecule has 0 unspecified atom stereocenters.